The van der Waals surface area contributed by atoms with Crippen molar-refractivity contribution in [2.75, 3.05) is 25.9 Å². The van der Waals surface area contributed by atoms with Crippen LogP contribution in [0.3, 0.4) is 0 Å². The van der Waals surface area contributed by atoms with E-state index >= 15 is 0 Å². The predicted octanol–water partition coefficient (Wildman–Crippen LogP) is 1.87. The number of benzene rings is 1. The van der Waals surface area contributed by atoms with Gasteiger partial charge >= 0.3 is 6.61 Å². The standard InChI is InChI=1S/C16H23F2N3O3S/c1-16(2)11-21(8-9-25(16,22)23)15(19-3)20-10-12-4-6-13(7-5-12)24-14(17)18/h4-7,14H,8-11H2,1-3H3,(H,19,20). The first-order valence-corrected chi connectivity index (χ1v) is 9.51. The Morgan fingerprint density at radius 2 is 2.00 bits per heavy atom. The highest BCUT2D eigenvalue weighted by Gasteiger charge is 2.40. The van der Waals surface area contributed by atoms with E-state index in [2.05, 4.69) is 15.0 Å². The van der Waals surface area contributed by atoms with E-state index in [1.165, 1.54) is 12.1 Å². The van der Waals surface area contributed by atoms with Crippen molar-refractivity contribution in [2.45, 2.75) is 31.8 Å². The lowest BCUT2D eigenvalue weighted by atomic mass is 10.2. The summed E-state index contributed by atoms with van der Waals surface area (Å²) >= 11 is 0. The molecule has 0 spiro atoms. The molecule has 9 heteroatoms. The highest BCUT2D eigenvalue weighted by molar-refractivity contribution is 7.92. The van der Waals surface area contributed by atoms with E-state index in [9.17, 15) is 17.2 Å². The third-order valence-corrected chi connectivity index (χ3v) is 6.69. The van der Waals surface area contributed by atoms with Gasteiger partial charge in [0.15, 0.2) is 15.8 Å². The lowest BCUT2D eigenvalue weighted by Gasteiger charge is -2.39. The van der Waals surface area contributed by atoms with Gasteiger partial charge in [-0.05, 0) is 31.5 Å². The molecule has 25 heavy (non-hydrogen) atoms. The van der Waals surface area contributed by atoms with E-state index in [0.29, 0.717) is 25.6 Å². The third kappa shape index (κ3) is 4.81. The topological polar surface area (TPSA) is 71.0 Å². The molecule has 1 heterocycles. The summed E-state index contributed by atoms with van der Waals surface area (Å²) in [4.78, 5) is 6.12. The van der Waals surface area contributed by atoms with Gasteiger partial charge in [0.05, 0.1) is 10.5 Å². The van der Waals surface area contributed by atoms with Gasteiger partial charge in [-0.3, -0.25) is 4.99 Å². The predicted molar refractivity (Wildman–Crippen MR) is 92.7 cm³/mol. The average Bonchev–Trinajstić information content (AvgIpc) is 2.52. The van der Waals surface area contributed by atoms with Crippen LogP contribution in [0.15, 0.2) is 29.3 Å². The maximum absolute atomic E-state index is 12.1. The van der Waals surface area contributed by atoms with Gasteiger partial charge in [0.25, 0.3) is 0 Å². The second kappa shape index (κ2) is 7.55. The second-order valence-electron chi connectivity index (χ2n) is 6.42. The number of hydrogen-bond donors (Lipinski definition) is 1. The molecule has 0 amide bonds. The van der Waals surface area contributed by atoms with Crippen LogP contribution in [-0.4, -0.2) is 56.5 Å². The number of sulfone groups is 1. The SMILES string of the molecule is CN=C(NCc1ccc(OC(F)F)cc1)N1CCS(=O)(=O)C(C)(C)C1. The molecular formula is C16H23F2N3O3S. The van der Waals surface area contributed by atoms with Crippen LogP contribution in [0, 0.1) is 0 Å². The Bertz CT molecular complexity index is 719. The zero-order valence-corrected chi connectivity index (χ0v) is 15.3. The second-order valence-corrected chi connectivity index (χ2v) is 9.17. The summed E-state index contributed by atoms with van der Waals surface area (Å²) in [7, 11) is -1.48. The van der Waals surface area contributed by atoms with E-state index in [1.54, 1.807) is 33.0 Å². The van der Waals surface area contributed by atoms with Gasteiger partial charge in [-0.25, -0.2) is 8.42 Å². The molecule has 0 unspecified atom stereocenters. The Kier molecular flexibility index (Phi) is 5.87. The Balaban J connectivity index is 1.97. The van der Waals surface area contributed by atoms with Crippen molar-refractivity contribution in [3.8, 4) is 5.75 Å². The third-order valence-electron chi connectivity index (χ3n) is 4.15. The summed E-state index contributed by atoms with van der Waals surface area (Å²) in [6.45, 7) is 1.75. The first kappa shape index (κ1) is 19.4. The molecule has 6 nitrogen and oxygen atoms in total. The first-order chi connectivity index (χ1) is 11.6. The number of nitrogens with zero attached hydrogens (tertiary/aromatic N) is 2. The smallest absolute Gasteiger partial charge is 0.387 e. The largest absolute Gasteiger partial charge is 0.435 e. The quantitative estimate of drug-likeness (QED) is 0.643. The highest BCUT2D eigenvalue weighted by atomic mass is 32.2. The van der Waals surface area contributed by atoms with Gasteiger partial charge in [0.1, 0.15) is 5.75 Å². The Morgan fingerprint density at radius 3 is 2.52 bits per heavy atom. The first-order valence-electron chi connectivity index (χ1n) is 7.86. The van der Waals surface area contributed by atoms with Crippen molar-refractivity contribution in [1.82, 2.24) is 10.2 Å². The monoisotopic (exact) mass is 375 g/mol. The molecule has 0 radical (unpaired) electrons. The van der Waals surface area contributed by atoms with Crippen molar-refractivity contribution in [3.63, 3.8) is 0 Å². The summed E-state index contributed by atoms with van der Waals surface area (Å²) in [5.41, 5.74) is 0.867. The number of guanidine groups is 1. The molecule has 2 rings (SSSR count). The summed E-state index contributed by atoms with van der Waals surface area (Å²) in [5.74, 6) is 0.794. The lowest BCUT2D eigenvalue weighted by molar-refractivity contribution is -0.0498. The minimum atomic E-state index is -3.12. The van der Waals surface area contributed by atoms with E-state index in [0.717, 1.165) is 5.56 Å². The van der Waals surface area contributed by atoms with Gasteiger partial charge in [0, 0.05) is 26.7 Å². The van der Waals surface area contributed by atoms with Crippen LogP contribution in [0.5, 0.6) is 5.75 Å². The molecule has 140 valence electrons. The van der Waals surface area contributed by atoms with Crippen molar-refractivity contribution in [3.05, 3.63) is 29.8 Å². The Morgan fingerprint density at radius 1 is 1.36 bits per heavy atom. The fraction of sp³-hybridized carbons (Fsp3) is 0.562. The van der Waals surface area contributed by atoms with Gasteiger partial charge in [-0.2, -0.15) is 8.78 Å². The molecule has 0 atom stereocenters. The average molecular weight is 375 g/mol. The van der Waals surface area contributed by atoms with Gasteiger partial charge in [0.2, 0.25) is 0 Å². The highest BCUT2D eigenvalue weighted by Crippen LogP contribution is 2.23. The van der Waals surface area contributed by atoms with Crippen LogP contribution in [0.2, 0.25) is 0 Å². The van der Waals surface area contributed by atoms with Crippen LogP contribution >= 0.6 is 0 Å². The van der Waals surface area contributed by atoms with Crippen molar-refractivity contribution >= 4 is 15.8 Å². The van der Waals surface area contributed by atoms with Crippen LogP contribution in [0.1, 0.15) is 19.4 Å². The van der Waals surface area contributed by atoms with Gasteiger partial charge in [-0.1, -0.05) is 12.1 Å². The molecule has 0 aliphatic carbocycles. The molecule has 1 aromatic carbocycles. The summed E-state index contributed by atoms with van der Waals surface area (Å²) in [5, 5.41) is 3.17. The van der Waals surface area contributed by atoms with Crippen LogP contribution < -0.4 is 10.1 Å². The number of alkyl halides is 2. The summed E-state index contributed by atoms with van der Waals surface area (Å²) in [6.07, 6.45) is 0. The Hall–Kier alpha value is -1.90. The van der Waals surface area contributed by atoms with Crippen LogP contribution in [-0.2, 0) is 16.4 Å². The van der Waals surface area contributed by atoms with Crippen LogP contribution in [0.4, 0.5) is 8.78 Å². The molecule has 0 aromatic heterocycles. The maximum atomic E-state index is 12.1. The van der Waals surface area contributed by atoms with Gasteiger partial charge < -0.3 is 15.0 Å². The Labute approximate surface area is 146 Å². The molecular weight excluding hydrogens is 352 g/mol. The fourth-order valence-corrected chi connectivity index (χ4v) is 3.99. The zero-order chi connectivity index (χ0) is 18.7. The van der Waals surface area contributed by atoms with E-state index in [-0.39, 0.29) is 11.5 Å². The van der Waals surface area contributed by atoms with E-state index in [1.807, 2.05) is 4.90 Å². The number of rotatable bonds is 4. The number of halogens is 2. The molecule has 1 aliphatic rings. The molecule has 1 N–H and O–H groups in total. The molecule has 1 fully saturated rings. The minimum Gasteiger partial charge on any atom is -0.435 e. The number of ether oxygens (including phenoxy) is 1. The zero-order valence-electron chi connectivity index (χ0n) is 14.5. The van der Waals surface area contributed by atoms with Crippen LogP contribution in [0.25, 0.3) is 0 Å². The molecule has 0 bridgehead atoms. The number of aliphatic imine (C=N–C) groups is 1. The number of hydrogen-bond acceptors (Lipinski definition) is 4. The lowest BCUT2D eigenvalue weighted by Crippen LogP contribution is -2.57. The minimum absolute atomic E-state index is 0.0837. The molecule has 1 saturated heterocycles. The van der Waals surface area contributed by atoms with Crippen molar-refractivity contribution in [2.24, 2.45) is 4.99 Å². The summed E-state index contributed by atoms with van der Waals surface area (Å²) in [6, 6.07) is 6.32. The molecule has 0 saturated carbocycles. The van der Waals surface area contributed by atoms with Crippen molar-refractivity contribution < 1.29 is 21.9 Å². The normalized spacial score (nSPS) is 19.8. The number of nitrogens with one attached hydrogen (secondary N) is 1. The summed E-state index contributed by atoms with van der Waals surface area (Å²) < 4.78 is 52.0. The molecule has 1 aromatic rings. The van der Waals surface area contributed by atoms with E-state index in [4.69, 9.17) is 0 Å². The van der Waals surface area contributed by atoms with E-state index < -0.39 is 21.2 Å². The van der Waals surface area contributed by atoms with Gasteiger partial charge in [-0.15, -0.1) is 0 Å². The fourth-order valence-electron chi connectivity index (χ4n) is 2.63. The maximum Gasteiger partial charge on any atom is 0.387 e. The molecule has 1 aliphatic heterocycles. The van der Waals surface area contributed by atoms with Crippen molar-refractivity contribution in [1.29, 1.82) is 0 Å².